The second-order valence-corrected chi connectivity index (χ2v) is 7.99. The van der Waals surface area contributed by atoms with Crippen LogP contribution in [-0.4, -0.2) is 38.9 Å². The SMILES string of the molecule is Cc1ccccc1CNC1CC(O)C(CO)C1Cc1ccnc(C(C)C)n1. The summed E-state index contributed by atoms with van der Waals surface area (Å²) < 4.78 is 0. The normalized spacial score (nSPS) is 25.3. The van der Waals surface area contributed by atoms with E-state index in [1.54, 1.807) is 0 Å². The minimum absolute atomic E-state index is 0.00347. The second-order valence-electron chi connectivity index (χ2n) is 7.99. The molecule has 0 amide bonds. The van der Waals surface area contributed by atoms with Gasteiger partial charge in [-0.2, -0.15) is 0 Å². The van der Waals surface area contributed by atoms with E-state index in [-0.39, 0.29) is 30.4 Å². The highest BCUT2D eigenvalue weighted by atomic mass is 16.3. The van der Waals surface area contributed by atoms with Crippen LogP contribution in [0.5, 0.6) is 0 Å². The predicted molar refractivity (Wildman–Crippen MR) is 106 cm³/mol. The predicted octanol–water partition coefficient (Wildman–Crippen LogP) is 2.60. The number of hydrogen-bond acceptors (Lipinski definition) is 5. The fourth-order valence-corrected chi connectivity index (χ4v) is 4.07. The third kappa shape index (κ3) is 4.72. The molecular formula is C22H31N3O2. The van der Waals surface area contributed by atoms with E-state index in [0.29, 0.717) is 6.42 Å². The maximum Gasteiger partial charge on any atom is 0.131 e. The molecule has 1 aromatic heterocycles. The summed E-state index contributed by atoms with van der Waals surface area (Å²) >= 11 is 0. The molecule has 0 bridgehead atoms. The Morgan fingerprint density at radius 1 is 1.19 bits per heavy atom. The number of benzene rings is 1. The Bertz CT molecular complexity index is 750. The first-order chi connectivity index (χ1) is 13.0. The molecule has 1 aliphatic carbocycles. The Morgan fingerprint density at radius 2 is 1.96 bits per heavy atom. The monoisotopic (exact) mass is 369 g/mol. The van der Waals surface area contributed by atoms with Crippen molar-refractivity contribution >= 4 is 0 Å². The van der Waals surface area contributed by atoms with E-state index < -0.39 is 6.10 Å². The number of nitrogens with one attached hydrogen (secondary N) is 1. The lowest BCUT2D eigenvalue weighted by molar-refractivity contribution is 0.0716. The van der Waals surface area contributed by atoms with Crippen LogP contribution < -0.4 is 5.32 Å². The molecule has 2 aromatic rings. The van der Waals surface area contributed by atoms with Crippen molar-refractivity contribution in [1.29, 1.82) is 0 Å². The van der Waals surface area contributed by atoms with E-state index >= 15 is 0 Å². The number of nitrogens with zero attached hydrogens (tertiary/aromatic N) is 2. The van der Waals surface area contributed by atoms with E-state index in [1.807, 2.05) is 18.3 Å². The number of hydrogen-bond donors (Lipinski definition) is 3. The molecule has 5 nitrogen and oxygen atoms in total. The van der Waals surface area contributed by atoms with Gasteiger partial charge in [0.1, 0.15) is 5.82 Å². The number of aliphatic hydroxyl groups excluding tert-OH is 2. The fraction of sp³-hybridized carbons (Fsp3) is 0.545. The standard InChI is InChI=1S/C22H31N3O2/c1-14(2)22-23-9-8-17(25-22)10-18-19(13-26)21(27)11-20(18)24-12-16-7-5-4-6-15(16)3/h4-9,14,18-21,24,26-27H,10-13H2,1-3H3. The maximum atomic E-state index is 10.5. The summed E-state index contributed by atoms with van der Waals surface area (Å²) in [5, 5.41) is 24.0. The summed E-state index contributed by atoms with van der Waals surface area (Å²) in [6.45, 7) is 7.04. The van der Waals surface area contributed by atoms with Gasteiger partial charge in [0.2, 0.25) is 0 Å². The Hall–Kier alpha value is -1.82. The highest BCUT2D eigenvalue weighted by Gasteiger charge is 2.42. The van der Waals surface area contributed by atoms with E-state index in [4.69, 9.17) is 4.98 Å². The van der Waals surface area contributed by atoms with Crippen LogP contribution in [0.25, 0.3) is 0 Å². The van der Waals surface area contributed by atoms with Crippen molar-refractivity contribution in [3.63, 3.8) is 0 Å². The first-order valence-corrected chi connectivity index (χ1v) is 9.88. The van der Waals surface area contributed by atoms with Gasteiger partial charge in [-0.15, -0.1) is 0 Å². The van der Waals surface area contributed by atoms with Gasteiger partial charge in [-0.1, -0.05) is 38.1 Å². The zero-order valence-electron chi connectivity index (χ0n) is 16.5. The Kier molecular flexibility index (Phi) is 6.58. The average Bonchev–Trinajstić information content (AvgIpc) is 2.95. The lowest BCUT2D eigenvalue weighted by Gasteiger charge is -2.25. The topological polar surface area (TPSA) is 78.3 Å². The zero-order valence-corrected chi connectivity index (χ0v) is 16.5. The zero-order chi connectivity index (χ0) is 19.4. The van der Waals surface area contributed by atoms with Crippen LogP contribution in [0.1, 0.15) is 48.8 Å². The Balaban J connectivity index is 1.74. The molecule has 1 aliphatic rings. The quantitative estimate of drug-likeness (QED) is 0.699. The smallest absolute Gasteiger partial charge is 0.131 e. The van der Waals surface area contributed by atoms with Gasteiger partial charge >= 0.3 is 0 Å². The van der Waals surface area contributed by atoms with Gasteiger partial charge in [0.25, 0.3) is 0 Å². The van der Waals surface area contributed by atoms with Gasteiger partial charge in [-0.25, -0.2) is 9.97 Å². The van der Waals surface area contributed by atoms with Crippen molar-refractivity contribution in [2.24, 2.45) is 11.8 Å². The third-order valence-electron chi connectivity index (χ3n) is 5.78. The van der Waals surface area contributed by atoms with Gasteiger partial charge in [-0.3, -0.25) is 0 Å². The van der Waals surface area contributed by atoms with Gasteiger partial charge in [-0.05, 0) is 42.9 Å². The molecule has 1 heterocycles. The van der Waals surface area contributed by atoms with Gasteiger partial charge in [0.15, 0.2) is 0 Å². The number of rotatable bonds is 7. The lowest BCUT2D eigenvalue weighted by atomic mass is 9.88. The average molecular weight is 370 g/mol. The maximum absolute atomic E-state index is 10.5. The molecule has 27 heavy (non-hydrogen) atoms. The lowest BCUT2D eigenvalue weighted by Crippen LogP contribution is -2.36. The highest BCUT2D eigenvalue weighted by molar-refractivity contribution is 5.25. The number of aliphatic hydroxyl groups is 2. The summed E-state index contributed by atoms with van der Waals surface area (Å²) in [6.07, 6.45) is 2.72. The molecule has 3 N–H and O–H groups in total. The minimum atomic E-state index is -0.485. The minimum Gasteiger partial charge on any atom is -0.396 e. The van der Waals surface area contributed by atoms with Crippen molar-refractivity contribution < 1.29 is 10.2 Å². The van der Waals surface area contributed by atoms with E-state index in [0.717, 1.165) is 24.5 Å². The van der Waals surface area contributed by atoms with Crippen molar-refractivity contribution in [3.8, 4) is 0 Å². The number of aromatic nitrogens is 2. The van der Waals surface area contributed by atoms with E-state index in [2.05, 4.69) is 49.3 Å². The fourth-order valence-electron chi connectivity index (χ4n) is 4.07. The highest BCUT2D eigenvalue weighted by Crippen LogP contribution is 2.35. The summed E-state index contributed by atoms with van der Waals surface area (Å²) in [4.78, 5) is 9.04. The molecule has 3 rings (SSSR count). The summed E-state index contributed by atoms with van der Waals surface area (Å²) in [5.74, 6) is 1.14. The molecule has 1 saturated carbocycles. The van der Waals surface area contributed by atoms with Crippen LogP contribution >= 0.6 is 0 Å². The molecule has 0 spiro atoms. The van der Waals surface area contributed by atoms with Crippen LogP contribution in [0.3, 0.4) is 0 Å². The molecule has 4 atom stereocenters. The molecule has 1 aromatic carbocycles. The largest absolute Gasteiger partial charge is 0.396 e. The summed E-state index contributed by atoms with van der Waals surface area (Å²) in [6, 6.07) is 10.4. The first kappa shape index (κ1) is 19.9. The molecular weight excluding hydrogens is 338 g/mol. The summed E-state index contributed by atoms with van der Waals surface area (Å²) in [7, 11) is 0. The van der Waals surface area contributed by atoms with Crippen LogP contribution in [0, 0.1) is 18.8 Å². The molecule has 1 fully saturated rings. The van der Waals surface area contributed by atoms with Gasteiger partial charge < -0.3 is 15.5 Å². The molecule has 0 saturated heterocycles. The first-order valence-electron chi connectivity index (χ1n) is 9.88. The van der Waals surface area contributed by atoms with Crippen molar-refractivity contribution in [2.45, 2.75) is 58.2 Å². The second kappa shape index (κ2) is 8.91. The van der Waals surface area contributed by atoms with Gasteiger partial charge in [0, 0.05) is 42.9 Å². The van der Waals surface area contributed by atoms with E-state index in [1.165, 1.54) is 11.1 Å². The van der Waals surface area contributed by atoms with Crippen molar-refractivity contribution in [1.82, 2.24) is 15.3 Å². The molecule has 5 heteroatoms. The molecule has 0 radical (unpaired) electrons. The molecule has 0 aliphatic heterocycles. The van der Waals surface area contributed by atoms with Crippen LogP contribution in [0.15, 0.2) is 36.5 Å². The van der Waals surface area contributed by atoms with Crippen molar-refractivity contribution in [2.75, 3.05) is 6.61 Å². The van der Waals surface area contributed by atoms with Crippen LogP contribution in [-0.2, 0) is 13.0 Å². The van der Waals surface area contributed by atoms with Crippen LogP contribution in [0.4, 0.5) is 0 Å². The van der Waals surface area contributed by atoms with E-state index in [9.17, 15) is 10.2 Å². The number of aryl methyl sites for hydroxylation is 1. The summed E-state index contributed by atoms with van der Waals surface area (Å²) in [5.41, 5.74) is 3.51. The molecule has 4 unspecified atom stereocenters. The van der Waals surface area contributed by atoms with Crippen LogP contribution in [0.2, 0.25) is 0 Å². The third-order valence-corrected chi connectivity index (χ3v) is 5.78. The Morgan fingerprint density at radius 3 is 2.67 bits per heavy atom. The molecule has 146 valence electrons. The van der Waals surface area contributed by atoms with Gasteiger partial charge in [0.05, 0.1) is 6.10 Å². The van der Waals surface area contributed by atoms with Crippen molar-refractivity contribution in [3.05, 3.63) is 59.2 Å². The Labute approximate surface area is 161 Å².